The predicted octanol–water partition coefficient (Wildman–Crippen LogP) is 3.77. The van der Waals surface area contributed by atoms with E-state index < -0.39 is 68.2 Å². The molecular formula is C35H46N6O8S2. The number of carboxylic acid groups (broad SMARTS) is 1. The van der Waals surface area contributed by atoms with Crippen molar-refractivity contribution in [3.63, 3.8) is 0 Å². The summed E-state index contributed by atoms with van der Waals surface area (Å²) in [5, 5.41) is 17.8. The first-order valence-electron chi connectivity index (χ1n) is 17.6. The molecule has 1 saturated heterocycles. The molecule has 276 valence electrons. The Morgan fingerprint density at radius 3 is 2.67 bits per heavy atom. The summed E-state index contributed by atoms with van der Waals surface area (Å²) in [5.41, 5.74) is -0.0629. The van der Waals surface area contributed by atoms with Gasteiger partial charge < -0.3 is 25.4 Å². The first kappa shape index (κ1) is 36.7. The highest BCUT2D eigenvalue weighted by molar-refractivity contribution is 7.91. The molecule has 3 fully saturated rings. The smallest absolute Gasteiger partial charge is 0.405 e. The van der Waals surface area contributed by atoms with Crippen molar-refractivity contribution in [3.8, 4) is 16.5 Å². The molecular weight excluding hydrogens is 697 g/mol. The van der Waals surface area contributed by atoms with Gasteiger partial charge in [-0.3, -0.25) is 24.1 Å². The third kappa shape index (κ3) is 7.76. The summed E-state index contributed by atoms with van der Waals surface area (Å²) >= 11 is 1.44. The summed E-state index contributed by atoms with van der Waals surface area (Å²) in [6, 6.07) is 1.16. The minimum atomic E-state index is -3.99. The zero-order valence-electron chi connectivity index (χ0n) is 29.3. The molecule has 4 amide bonds. The van der Waals surface area contributed by atoms with Gasteiger partial charge in [-0.05, 0) is 70.3 Å². The Balaban J connectivity index is 1.32. The number of carbonyl (C=O) groups is 4. The molecule has 4 heterocycles. The standard InChI is InChI=1S/C35H46N6O8S2/c1-5-22-14-20(2)8-6-7-9-23-17-35(23,32(44)40-51(47,48)34(4)11-12-34)39-29(42)27-16-25(18-41(27)31(43)28(22)38-33(45)46)49-24-10-13-36-26(15-24)30-37-21(3)19-50-30/h7,9-10,13,15,19-20,22-23,25,27-28,38H,5-6,8,11-12,14,16-18H2,1-4H3,(H,39,42)(H,40,44)(H,45,46)/b9-7-/t20-,22-,23-,25-,27+,28+,35-/m1/s1. The zero-order valence-corrected chi connectivity index (χ0v) is 30.9. The Morgan fingerprint density at radius 1 is 1.24 bits per heavy atom. The second-order valence-corrected chi connectivity index (χ2v) is 17.8. The number of aromatic nitrogens is 2. The van der Waals surface area contributed by atoms with Crippen molar-refractivity contribution in [3.05, 3.63) is 41.6 Å². The minimum Gasteiger partial charge on any atom is -0.488 e. The Hall–Kier alpha value is -4.05. The number of hydrogen-bond donors (Lipinski definition) is 4. The lowest BCUT2D eigenvalue weighted by atomic mass is 9.85. The first-order chi connectivity index (χ1) is 24.1. The average Bonchev–Trinajstić information content (AvgIpc) is 3.88. The maximum atomic E-state index is 14.4. The van der Waals surface area contributed by atoms with Crippen molar-refractivity contribution in [1.29, 1.82) is 0 Å². The number of sulfonamides is 1. The van der Waals surface area contributed by atoms with Crippen LogP contribution in [-0.4, -0.2) is 87.2 Å². The number of pyridine rings is 1. The van der Waals surface area contributed by atoms with E-state index in [-0.39, 0.29) is 31.2 Å². The molecule has 0 bridgehead atoms. The van der Waals surface area contributed by atoms with Gasteiger partial charge >= 0.3 is 6.09 Å². The SMILES string of the molecule is CC[C@@H]1C[C@H](C)CC/C=C\[C@@H]2C[C@@]2(C(=O)NS(=O)(=O)C2(C)CC2)NC(=O)[C@@H]2C[C@@H](Oc3ccnc(-c4nc(C)cs4)c3)CN2C(=O)[C@H]1NC(=O)O. The lowest BCUT2D eigenvalue weighted by Gasteiger charge is -2.33. The Labute approximate surface area is 301 Å². The summed E-state index contributed by atoms with van der Waals surface area (Å²) in [6.07, 6.45) is 7.00. The number of hydrogen-bond acceptors (Lipinski definition) is 10. The molecule has 14 nitrogen and oxygen atoms in total. The van der Waals surface area contributed by atoms with Gasteiger partial charge in [-0.25, -0.2) is 18.2 Å². The molecule has 0 unspecified atom stereocenters. The molecule has 0 spiro atoms. The number of rotatable bonds is 8. The van der Waals surface area contributed by atoms with Gasteiger partial charge in [0, 0.05) is 35.7 Å². The van der Waals surface area contributed by atoms with E-state index in [1.807, 2.05) is 31.4 Å². The maximum absolute atomic E-state index is 14.4. The fourth-order valence-corrected chi connectivity index (χ4v) is 9.29. The van der Waals surface area contributed by atoms with Crippen LogP contribution in [0.3, 0.4) is 0 Å². The highest BCUT2D eigenvalue weighted by Gasteiger charge is 2.63. The second-order valence-electron chi connectivity index (χ2n) is 14.8. The lowest BCUT2D eigenvalue weighted by molar-refractivity contribution is -0.142. The van der Waals surface area contributed by atoms with Crippen molar-refractivity contribution in [1.82, 2.24) is 30.2 Å². The first-order valence-corrected chi connectivity index (χ1v) is 19.9. The third-order valence-electron chi connectivity index (χ3n) is 10.8. The van der Waals surface area contributed by atoms with Crippen molar-refractivity contribution >= 4 is 45.2 Å². The number of allylic oxidation sites excluding steroid dienone is 1. The van der Waals surface area contributed by atoms with Crippen LogP contribution in [0.15, 0.2) is 35.9 Å². The molecule has 2 aromatic rings. The highest BCUT2D eigenvalue weighted by Crippen LogP contribution is 2.47. The van der Waals surface area contributed by atoms with E-state index in [0.717, 1.165) is 12.1 Å². The third-order valence-corrected chi connectivity index (χ3v) is 13.9. The Morgan fingerprint density at radius 2 is 2.00 bits per heavy atom. The van der Waals surface area contributed by atoms with Crippen LogP contribution in [0.4, 0.5) is 4.79 Å². The molecule has 2 aromatic heterocycles. The van der Waals surface area contributed by atoms with E-state index in [0.29, 0.717) is 48.6 Å². The number of ether oxygens (including phenoxy) is 1. The van der Waals surface area contributed by atoms with Crippen molar-refractivity contribution in [2.24, 2.45) is 17.8 Å². The van der Waals surface area contributed by atoms with E-state index in [2.05, 4.69) is 32.2 Å². The van der Waals surface area contributed by atoms with Gasteiger partial charge in [0.25, 0.3) is 5.91 Å². The number of fused-ring (bicyclic) bond motifs is 2. The van der Waals surface area contributed by atoms with Crippen LogP contribution in [0.25, 0.3) is 10.7 Å². The lowest BCUT2D eigenvalue weighted by Crippen LogP contribution is -2.59. The van der Waals surface area contributed by atoms with E-state index in [9.17, 15) is 32.7 Å². The van der Waals surface area contributed by atoms with E-state index in [1.165, 1.54) is 16.2 Å². The zero-order chi connectivity index (χ0) is 36.7. The summed E-state index contributed by atoms with van der Waals surface area (Å²) < 4.78 is 33.7. The molecule has 0 aromatic carbocycles. The molecule has 2 saturated carbocycles. The number of nitrogens with one attached hydrogen (secondary N) is 3. The number of aryl methyl sites for hydroxylation is 1. The minimum absolute atomic E-state index is 0.0238. The molecule has 4 N–H and O–H groups in total. The summed E-state index contributed by atoms with van der Waals surface area (Å²) in [4.78, 5) is 64.8. The molecule has 16 heteroatoms. The normalized spacial score (nSPS) is 31.2. The fourth-order valence-electron chi connectivity index (χ4n) is 7.21. The van der Waals surface area contributed by atoms with Crippen molar-refractivity contribution in [2.75, 3.05) is 6.54 Å². The van der Waals surface area contributed by atoms with Gasteiger partial charge in [0.1, 0.15) is 40.2 Å². The van der Waals surface area contributed by atoms with Crippen LogP contribution in [0, 0.1) is 24.7 Å². The van der Waals surface area contributed by atoms with Crippen LogP contribution in [-0.2, 0) is 24.4 Å². The molecule has 7 atom stereocenters. The van der Waals surface area contributed by atoms with Crippen LogP contribution >= 0.6 is 11.3 Å². The van der Waals surface area contributed by atoms with E-state index >= 15 is 0 Å². The van der Waals surface area contributed by atoms with Gasteiger partial charge in [0.2, 0.25) is 21.8 Å². The molecule has 2 aliphatic carbocycles. The van der Waals surface area contributed by atoms with E-state index in [4.69, 9.17) is 4.74 Å². The highest BCUT2D eigenvalue weighted by atomic mass is 32.2. The largest absolute Gasteiger partial charge is 0.488 e. The number of amides is 4. The van der Waals surface area contributed by atoms with Gasteiger partial charge in [-0.2, -0.15) is 0 Å². The van der Waals surface area contributed by atoms with Gasteiger partial charge in [-0.1, -0.05) is 32.4 Å². The molecule has 2 aliphatic heterocycles. The molecule has 4 aliphatic rings. The van der Waals surface area contributed by atoms with Crippen LogP contribution in [0.1, 0.15) is 77.8 Å². The number of thiazole rings is 1. The van der Waals surface area contributed by atoms with Crippen LogP contribution in [0.2, 0.25) is 0 Å². The maximum Gasteiger partial charge on any atom is 0.405 e. The number of nitrogens with zero attached hydrogens (tertiary/aromatic N) is 3. The molecule has 51 heavy (non-hydrogen) atoms. The monoisotopic (exact) mass is 742 g/mol. The van der Waals surface area contributed by atoms with Gasteiger partial charge in [0.05, 0.1) is 11.3 Å². The van der Waals surface area contributed by atoms with Crippen LogP contribution < -0.4 is 20.1 Å². The van der Waals surface area contributed by atoms with E-state index in [1.54, 1.807) is 25.3 Å². The Bertz CT molecular complexity index is 1830. The summed E-state index contributed by atoms with van der Waals surface area (Å²) in [6.45, 7) is 7.41. The topological polar surface area (TPSA) is 197 Å². The summed E-state index contributed by atoms with van der Waals surface area (Å²) in [7, 11) is -3.99. The van der Waals surface area contributed by atoms with Crippen molar-refractivity contribution < 1.29 is 37.4 Å². The fraction of sp³-hybridized carbons (Fsp3) is 0.600. The second kappa shape index (κ2) is 14.2. The average molecular weight is 743 g/mol. The predicted molar refractivity (Wildman–Crippen MR) is 189 cm³/mol. The van der Waals surface area contributed by atoms with Gasteiger partial charge in [0.15, 0.2) is 0 Å². The Kier molecular flexibility index (Phi) is 10.2. The van der Waals surface area contributed by atoms with Crippen LogP contribution in [0.5, 0.6) is 5.75 Å². The quantitative estimate of drug-likeness (QED) is 0.289. The molecule has 0 radical (unpaired) electrons. The van der Waals surface area contributed by atoms with Crippen molar-refractivity contribution in [2.45, 2.75) is 108 Å². The van der Waals surface area contributed by atoms with Gasteiger partial charge in [-0.15, -0.1) is 11.3 Å². The summed E-state index contributed by atoms with van der Waals surface area (Å²) in [5.74, 6) is -2.20. The molecule has 6 rings (SSSR count). The number of carbonyl (C=O) groups excluding carboxylic acids is 3.